The first-order chi connectivity index (χ1) is 4.70. The van der Waals surface area contributed by atoms with E-state index < -0.39 is 0 Å². The summed E-state index contributed by atoms with van der Waals surface area (Å²) in [5, 5.41) is 2.87. The van der Waals surface area contributed by atoms with Crippen LogP contribution in [0.3, 0.4) is 0 Å². The van der Waals surface area contributed by atoms with Crippen LogP contribution in [-0.2, 0) is 4.79 Å². The van der Waals surface area contributed by atoms with E-state index >= 15 is 0 Å². The molecule has 0 radical (unpaired) electrons. The van der Waals surface area contributed by atoms with Crippen LogP contribution < -0.4 is 5.32 Å². The highest BCUT2D eigenvalue weighted by Gasteiger charge is 2.02. The largest absolute Gasteiger partial charge is 0.353 e. The van der Waals surface area contributed by atoms with E-state index in [1.807, 2.05) is 13.2 Å². The van der Waals surface area contributed by atoms with Crippen LogP contribution in [0, 0.1) is 0 Å². The summed E-state index contributed by atoms with van der Waals surface area (Å²) < 4.78 is 0. The summed E-state index contributed by atoms with van der Waals surface area (Å²) in [6, 6.07) is 0.319. The lowest BCUT2D eigenvalue weighted by molar-refractivity contribution is -0.119. The molecule has 0 aromatic heterocycles. The van der Waals surface area contributed by atoms with E-state index in [0.29, 0.717) is 11.8 Å². The molecule has 0 unspecified atom stereocenters. The topological polar surface area (TPSA) is 29.1 Å². The van der Waals surface area contributed by atoms with E-state index in [0.717, 1.165) is 6.42 Å². The molecule has 0 aliphatic carbocycles. The Kier molecular flexibility index (Phi) is 5.49. The summed E-state index contributed by atoms with van der Waals surface area (Å²) in [6.45, 7) is 4.07. The normalized spacial score (nSPS) is 12.7. The van der Waals surface area contributed by atoms with Gasteiger partial charge in [-0.15, -0.1) is 0 Å². The Morgan fingerprint density at radius 1 is 1.70 bits per heavy atom. The number of amides is 1. The Bertz CT molecular complexity index is 106. The van der Waals surface area contributed by atoms with E-state index in [-0.39, 0.29) is 5.91 Å². The Labute approximate surface area is 66.8 Å². The van der Waals surface area contributed by atoms with Gasteiger partial charge in [0.1, 0.15) is 0 Å². The molecule has 3 heteroatoms. The highest BCUT2D eigenvalue weighted by Crippen LogP contribution is 1.92. The summed E-state index contributed by atoms with van der Waals surface area (Å²) >= 11 is 1.55. The van der Waals surface area contributed by atoms with Gasteiger partial charge < -0.3 is 5.32 Å². The number of carbonyl (C=O) groups is 1. The fraction of sp³-hybridized carbons (Fsp3) is 0.857. The fourth-order valence-corrected chi connectivity index (χ4v) is 0.895. The standard InChI is InChI=1S/C7H15NOS/c1-4-6(2)8-7(9)5-10-3/h6H,4-5H2,1-3H3,(H,8,9)/t6-/m1/s1. The van der Waals surface area contributed by atoms with E-state index in [4.69, 9.17) is 0 Å². The number of hydrogen-bond acceptors (Lipinski definition) is 2. The molecule has 0 aliphatic heterocycles. The van der Waals surface area contributed by atoms with Crippen molar-refractivity contribution in [2.45, 2.75) is 26.3 Å². The van der Waals surface area contributed by atoms with Gasteiger partial charge in [-0.2, -0.15) is 11.8 Å². The second kappa shape index (κ2) is 5.59. The minimum Gasteiger partial charge on any atom is -0.353 e. The fourth-order valence-electron chi connectivity index (χ4n) is 0.550. The van der Waals surface area contributed by atoms with Crippen molar-refractivity contribution in [1.29, 1.82) is 0 Å². The Morgan fingerprint density at radius 2 is 2.30 bits per heavy atom. The van der Waals surface area contributed by atoms with Crippen LogP contribution in [0.25, 0.3) is 0 Å². The predicted octanol–water partition coefficient (Wildman–Crippen LogP) is 1.26. The molecular weight excluding hydrogens is 146 g/mol. The predicted molar refractivity (Wildman–Crippen MR) is 46.3 cm³/mol. The van der Waals surface area contributed by atoms with Gasteiger partial charge in [-0.25, -0.2) is 0 Å². The zero-order chi connectivity index (χ0) is 7.98. The molecule has 1 N–H and O–H groups in total. The van der Waals surface area contributed by atoms with Crippen molar-refractivity contribution in [1.82, 2.24) is 5.32 Å². The van der Waals surface area contributed by atoms with Gasteiger partial charge in [0.15, 0.2) is 0 Å². The molecule has 0 aliphatic rings. The lowest BCUT2D eigenvalue weighted by atomic mass is 10.3. The summed E-state index contributed by atoms with van der Waals surface area (Å²) in [5.74, 6) is 0.714. The highest BCUT2D eigenvalue weighted by atomic mass is 32.2. The molecule has 0 rings (SSSR count). The molecule has 0 aromatic carbocycles. The van der Waals surface area contributed by atoms with Crippen molar-refractivity contribution in [2.75, 3.05) is 12.0 Å². The summed E-state index contributed by atoms with van der Waals surface area (Å²) in [4.78, 5) is 10.9. The SMILES string of the molecule is CC[C@@H](C)NC(=O)CSC. The van der Waals surface area contributed by atoms with Crippen LogP contribution in [-0.4, -0.2) is 24.0 Å². The third-order valence-electron chi connectivity index (χ3n) is 1.30. The smallest absolute Gasteiger partial charge is 0.230 e. The molecule has 10 heavy (non-hydrogen) atoms. The van der Waals surface area contributed by atoms with E-state index in [1.165, 1.54) is 0 Å². The van der Waals surface area contributed by atoms with Crippen LogP contribution in [0.4, 0.5) is 0 Å². The van der Waals surface area contributed by atoms with Gasteiger partial charge in [-0.3, -0.25) is 4.79 Å². The number of hydrogen-bond donors (Lipinski definition) is 1. The van der Waals surface area contributed by atoms with Crippen molar-refractivity contribution in [2.24, 2.45) is 0 Å². The molecule has 0 spiro atoms. The van der Waals surface area contributed by atoms with Crippen molar-refractivity contribution in [3.05, 3.63) is 0 Å². The van der Waals surface area contributed by atoms with Crippen molar-refractivity contribution in [3.8, 4) is 0 Å². The van der Waals surface area contributed by atoms with Gasteiger partial charge in [-0.05, 0) is 19.6 Å². The Morgan fingerprint density at radius 3 is 2.70 bits per heavy atom. The average Bonchev–Trinajstić information content (AvgIpc) is 1.88. The van der Waals surface area contributed by atoms with Gasteiger partial charge >= 0.3 is 0 Å². The van der Waals surface area contributed by atoms with Crippen molar-refractivity contribution < 1.29 is 4.79 Å². The highest BCUT2D eigenvalue weighted by molar-refractivity contribution is 7.99. The number of thioether (sulfide) groups is 1. The summed E-state index contributed by atoms with van der Waals surface area (Å²) in [7, 11) is 0. The van der Waals surface area contributed by atoms with Crippen molar-refractivity contribution >= 4 is 17.7 Å². The number of rotatable bonds is 4. The summed E-state index contributed by atoms with van der Waals surface area (Å²) in [6.07, 6.45) is 2.93. The van der Waals surface area contributed by atoms with Crippen LogP contribution in [0.1, 0.15) is 20.3 Å². The summed E-state index contributed by atoms with van der Waals surface area (Å²) in [5.41, 5.74) is 0. The number of nitrogens with one attached hydrogen (secondary N) is 1. The van der Waals surface area contributed by atoms with Gasteiger partial charge in [-0.1, -0.05) is 6.92 Å². The molecule has 1 atom stereocenters. The first-order valence-corrected chi connectivity index (χ1v) is 4.88. The zero-order valence-corrected chi connectivity index (χ0v) is 7.62. The van der Waals surface area contributed by atoms with Gasteiger partial charge in [0.2, 0.25) is 5.91 Å². The molecule has 1 amide bonds. The van der Waals surface area contributed by atoms with Gasteiger partial charge in [0.05, 0.1) is 5.75 Å². The van der Waals surface area contributed by atoms with Crippen LogP contribution in [0.2, 0.25) is 0 Å². The third-order valence-corrected chi connectivity index (χ3v) is 1.85. The minimum atomic E-state index is 0.141. The lowest BCUT2D eigenvalue weighted by Crippen LogP contribution is -2.33. The molecule has 0 aromatic rings. The molecule has 2 nitrogen and oxygen atoms in total. The maximum atomic E-state index is 10.9. The minimum absolute atomic E-state index is 0.141. The lowest BCUT2D eigenvalue weighted by Gasteiger charge is -2.09. The van der Waals surface area contributed by atoms with Gasteiger partial charge in [0, 0.05) is 6.04 Å². The molecule has 0 saturated carbocycles. The van der Waals surface area contributed by atoms with Gasteiger partial charge in [0.25, 0.3) is 0 Å². The third kappa shape index (κ3) is 4.68. The van der Waals surface area contributed by atoms with E-state index in [2.05, 4.69) is 12.2 Å². The zero-order valence-electron chi connectivity index (χ0n) is 6.81. The molecule has 0 bridgehead atoms. The van der Waals surface area contributed by atoms with Crippen molar-refractivity contribution in [3.63, 3.8) is 0 Å². The van der Waals surface area contributed by atoms with Crippen LogP contribution in [0.15, 0.2) is 0 Å². The Hall–Kier alpha value is -0.180. The molecule has 60 valence electrons. The Balaban J connectivity index is 3.37. The van der Waals surface area contributed by atoms with Crippen LogP contribution in [0.5, 0.6) is 0 Å². The van der Waals surface area contributed by atoms with Crippen LogP contribution >= 0.6 is 11.8 Å². The maximum absolute atomic E-state index is 10.9. The molecule has 0 heterocycles. The quantitative estimate of drug-likeness (QED) is 0.672. The monoisotopic (exact) mass is 161 g/mol. The average molecular weight is 161 g/mol. The number of carbonyl (C=O) groups excluding carboxylic acids is 1. The van der Waals surface area contributed by atoms with E-state index in [1.54, 1.807) is 11.8 Å². The second-order valence-corrected chi connectivity index (χ2v) is 3.18. The first kappa shape index (κ1) is 9.82. The molecule has 0 fully saturated rings. The second-order valence-electron chi connectivity index (χ2n) is 2.31. The maximum Gasteiger partial charge on any atom is 0.230 e. The molecule has 0 saturated heterocycles. The van der Waals surface area contributed by atoms with E-state index in [9.17, 15) is 4.79 Å². The molecular formula is C7H15NOS. The first-order valence-electron chi connectivity index (χ1n) is 3.49.